The van der Waals surface area contributed by atoms with Gasteiger partial charge in [-0.15, -0.1) is 11.3 Å². The van der Waals surface area contributed by atoms with Crippen molar-refractivity contribution in [2.24, 2.45) is 0 Å². The van der Waals surface area contributed by atoms with Gasteiger partial charge < -0.3 is 14.2 Å². The number of amides is 2. The largest absolute Gasteiger partial charge is 0.378 e. The molecule has 2 aromatic heterocycles. The molecule has 8 nitrogen and oxygen atoms in total. The smallest absolute Gasteiger partial charge is 0.274 e. The van der Waals surface area contributed by atoms with Crippen molar-refractivity contribution in [3.05, 3.63) is 70.6 Å². The van der Waals surface area contributed by atoms with Crippen LogP contribution in [-0.2, 0) is 26.1 Å². The maximum Gasteiger partial charge on any atom is 0.274 e. The summed E-state index contributed by atoms with van der Waals surface area (Å²) in [5, 5.41) is 0.593. The first kappa shape index (κ1) is 26.4. The van der Waals surface area contributed by atoms with Crippen LogP contribution in [0.5, 0.6) is 0 Å². The van der Waals surface area contributed by atoms with E-state index in [2.05, 4.69) is 4.72 Å². The molecular weight excluding hydrogens is 546 g/mol. The predicted molar refractivity (Wildman–Crippen MR) is 150 cm³/mol. The number of hydrogen-bond acceptors (Lipinski definition) is 6. The summed E-state index contributed by atoms with van der Waals surface area (Å²) in [6, 6.07) is 18.8. The zero-order valence-corrected chi connectivity index (χ0v) is 23.0. The van der Waals surface area contributed by atoms with E-state index in [1.807, 2.05) is 47.0 Å². The molecule has 2 amide bonds. The van der Waals surface area contributed by atoms with Crippen LogP contribution < -0.4 is 4.72 Å². The Morgan fingerprint density at radius 1 is 1.03 bits per heavy atom. The zero-order chi connectivity index (χ0) is 26.9. The monoisotopic (exact) mass is 571 g/mol. The van der Waals surface area contributed by atoms with Crippen molar-refractivity contribution in [2.45, 2.75) is 13.5 Å². The molecule has 0 spiro atoms. The van der Waals surface area contributed by atoms with E-state index in [-0.39, 0.29) is 23.1 Å². The number of benzene rings is 2. The molecule has 0 atom stereocenters. The number of rotatable bonds is 7. The Bertz CT molecular complexity index is 1590. The number of hydrogen-bond donors (Lipinski definition) is 1. The predicted octanol–water partition coefficient (Wildman–Crippen LogP) is 4.63. The molecule has 1 fully saturated rings. The fourth-order valence-electron chi connectivity index (χ4n) is 4.49. The summed E-state index contributed by atoms with van der Waals surface area (Å²) in [4.78, 5) is 28.4. The third-order valence-corrected chi connectivity index (χ3v) is 9.08. The Labute approximate surface area is 229 Å². The number of carbonyl (C=O) groups is 2. The molecule has 3 heterocycles. The third kappa shape index (κ3) is 5.35. The summed E-state index contributed by atoms with van der Waals surface area (Å²) in [5.74, 6) is -0.961. The van der Waals surface area contributed by atoms with E-state index in [0.29, 0.717) is 36.8 Å². The minimum absolute atomic E-state index is 0.0480. The van der Waals surface area contributed by atoms with Crippen molar-refractivity contribution in [1.29, 1.82) is 0 Å². The lowest BCUT2D eigenvalue weighted by Crippen LogP contribution is -2.42. The molecular formula is C27H26ClN3O5S2. The molecule has 1 N–H and O–H groups in total. The van der Waals surface area contributed by atoms with Crippen LogP contribution in [0.4, 0.5) is 0 Å². The number of ether oxygens (including phenoxy) is 1. The lowest BCUT2D eigenvalue weighted by Gasteiger charge is -2.27. The van der Waals surface area contributed by atoms with Gasteiger partial charge in [-0.05, 0) is 36.2 Å². The Balaban J connectivity index is 1.72. The van der Waals surface area contributed by atoms with Crippen LogP contribution in [0, 0.1) is 0 Å². The van der Waals surface area contributed by atoms with Crippen LogP contribution >= 0.6 is 22.9 Å². The maximum atomic E-state index is 13.4. The number of aromatic nitrogens is 1. The molecule has 1 saturated heterocycles. The molecule has 0 aliphatic carbocycles. The third-order valence-electron chi connectivity index (χ3n) is 6.43. The van der Waals surface area contributed by atoms with E-state index in [1.165, 1.54) is 18.3 Å². The Morgan fingerprint density at radius 3 is 2.37 bits per heavy atom. The SMILES string of the molecule is CCS(=O)(=O)NC(=O)c1cc2c(s1)c(-c1ccccc1)c(-c1ccc(Cl)cc1)n2CC(=O)N1CCOCC1. The van der Waals surface area contributed by atoms with Crippen LogP contribution in [0.2, 0.25) is 5.02 Å². The second-order valence-corrected chi connectivity index (χ2v) is 12.3. The van der Waals surface area contributed by atoms with Crippen LogP contribution in [0.15, 0.2) is 60.7 Å². The van der Waals surface area contributed by atoms with Crippen molar-refractivity contribution >= 4 is 55.0 Å². The van der Waals surface area contributed by atoms with Crippen LogP contribution in [0.1, 0.15) is 16.6 Å². The van der Waals surface area contributed by atoms with Crippen molar-refractivity contribution in [2.75, 3.05) is 32.1 Å². The molecule has 38 heavy (non-hydrogen) atoms. The van der Waals surface area contributed by atoms with E-state index in [0.717, 1.165) is 27.1 Å². The van der Waals surface area contributed by atoms with Gasteiger partial charge in [-0.3, -0.25) is 9.59 Å². The first-order valence-corrected chi connectivity index (χ1v) is 15.0. The van der Waals surface area contributed by atoms with Crippen molar-refractivity contribution in [1.82, 2.24) is 14.2 Å². The minimum atomic E-state index is -3.73. The normalized spacial score (nSPS) is 14.1. The number of fused-ring (bicyclic) bond motifs is 1. The molecule has 1 aliphatic rings. The summed E-state index contributed by atoms with van der Waals surface area (Å²) in [5.41, 5.74) is 4.14. The second kappa shape index (κ2) is 10.9. The molecule has 1 aliphatic heterocycles. The van der Waals surface area contributed by atoms with Gasteiger partial charge in [0.1, 0.15) is 6.54 Å². The lowest BCUT2D eigenvalue weighted by molar-refractivity contribution is -0.135. The Morgan fingerprint density at radius 2 is 1.71 bits per heavy atom. The van der Waals surface area contributed by atoms with Gasteiger partial charge in [-0.2, -0.15) is 0 Å². The molecule has 0 saturated carbocycles. The van der Waals surface area contributed by atoms with Gasteiger partial charge >= 0.3 is 0 Å². The van der Waals surface area contributed by atoms with Gasteiger partial charge in [0.05, 0.1) is 39.8 Å². The molecule has 0 bridgehead atoms. The van der Waals surface area contributed by atoms with E-state index in [9.17, 15) is 18.0 Å². The highest BCUT2D eigenvalue weighted by molar-refractivity contribution is 7.90. The zero-order valence-electron chi connectivity index (χ0n) is 20.6. The van der Waals surface area contributed by atoms with Crippen LogP contribution in [0.25, 0.3) is 32.6 Å². The fourth-order valence-corrected chi connectivity index (χ4v) is 6.34. The molecule has 5 rings (SSSR count). The van der Waals surface area contributed by atoms with Crippen molar-refractivity contribution in [3.8, 4) is 22.4 Å². The van der Waals surface area contributed by atoms with Gasteiger partial charge in [-0.1, -0.05) is 54.1 Å². The Hall–Kier alpha value is -3.18. The number of sulfonamides is 1. The maximum absolute atomic E-state index is 13.4. The quantitative estimate of drug-likeness (QED) is 0.349. The van der Waals surface area contributed by atoms with Crippen molar-refractivity contribution < 1.29 is 22.7 Å². The summed E-state index contributed by atoms with van der Waals surface area (Å²) in [6.07, 6.45) is 0. The van der Waals surface area contributed by atoms with Gasteiger partial charge in [0.15, 0.2) is 0 Å². The molecule has 2 aromatic carbocycles. The van der Waals surface area contributed by atoms with Crippen LogP contribution in [0.3, 0.4) is 0 Å². The van der Waals surface area contributed by atoms with E-state index >= 15 is 0 Å². The van der Waals surface area contributed by atoms with Crippen LogP contribution in [-0.4, -0.2) is 61.8 Å². The number of nitrogens with zero attached hydrogens (tertiary/aromatic N) is 2. The molecule has 0 unspecified atom stereocenters. The molecule has 0 radical (unpaired) electrons. The topological polar surface area (TPSA) is 97.7 Å². The molecule has 4 aromatic rings. The highest BCUT2D eigenvalue weighted by Crippen LogP contribution is 2.45. The Kier molecular flexibility index (Phi) is 7.58. The number of carbonyl (C=O) groups excluding carboxylic acids is 2. The number of morpholine rings is 1. The number of nitrogens with one attached hydrogen (secondary N) is 1. The highest BCUT2D eigenvalue weighted by atomic mass is 35.5. The minimum Gasteiger partial charge on any atom is -0.378 e. The van der Waals surface area contributed by atoms with Gasteiger partial charge in [-0.25, -0.2) is 13.1 Å². The first-order valence-electron chi connectivity index (χ1n) is 12.1. The second-order valence-electron chi connectivity index (χ2n) is 8.84. The fraction of sp³-hybridized carbons (Fsp3) is 0.259. The van der Waals surface area contributed by atoms with Crippen molar-refractivity contribution in [3.63, 3.8) is 0 Å². The van der Waals surface area contributed by atoms with Gasteiger partial charge in [0.25, 0.3) is 5.91 Å². The van der Waals surface area contributed by atoms with E-state index in [1.54, 1.807) is 23.1 Å². The summed E-state index contributed by atoms with van der Waals surface area (Å²) < 4.78 is 34.4. The summed E-state index contributed by atoms with van der Waals surface area (Å²) >= 11 is 7.39. The highest BCUT2D eigenvalue weighted by Gasteiger charge is 2.27. The number of halogens is 1. The molecule has 11 heteroatoms. The average molecular weight is 572 g/mol. The summed E-state index contributed by atoms with van der Waals surface area (Å²) in [6.45, 7) is 3.51. The lowest BCUT2D eigenvalue weighted by atomic mass is 10.0. The summed E-state index contributed by atoms with van der Waals surface area (Å²) in [7, 11) is -3.73. The van der Waals surface area contributed by atoms with E-state index < -0.39 is 15.9 Å². The van der Waals surface area contributed by atoms with Gasteiger partial charge in [0.2, 0.25) is 15.9 Å². The first-order chi connectivity index (χ1) is 18.3. The standard InChI is InChI=1S/C27H26ClN3O5S2/c1-2-38(34,35)29-27(33)22-16-21-26(37-22)24(18-6-4-3-5-7-18)25(19-8-10-20(28)11-9-19)31(21)17-23(32)30-12-14-36-15-13-30/h3-11,16H,2,12-15,17H2,1H3,(H,29,33). The average Bonchev–Trinajstić information content (AvgIpc) is 3.48. The van der Waals surface area contributed by atoms with E-state index in [4.69, 9.17) is 16.3 Å². The molecule has 198 valence electrons. The number of thiophene rings is 1. The van der Waals surface area contributed by atoms with Gasteiger partial charge in [0, 0.05) is 23.7 Å².